The van der Waals surface area contributed by atoms with E-state index in [1.54, 1.807) is 25.1 Å². The SMILES string of the molecule is CCOC(=O)c1c(Nc2nc3ccccc3nc2NS(=O)(=O)c2ccc(NC(C)=O)cc2)sc2c1CC[C@@H](c1ccccc1)C2. The summed E-state index contributed by atoms with van der Waals surface area (Å²) in [4.78, 5) is 35.1. The summed E-state index contributed by atoms with van der Waals surface area (Å²) in [6, 6.07) is 23.3. The van der Waals surface area contributed by atoms with Gasteiger partial charge in [-0.25, -0.2) is 23.2 Å². The molecule has 1 atom stereocenters. The molecule has 1 amide bonds. The summed E-state index contributed by atoms with van der Waals surface area (Å²) >= 11 is 1.45. The van der Waals surface area contributed by atoms with Gasteiger partial charge in [0.2, 0.25) is 5.91 Å². The molecule has 0 aliphatic heterocycles. The van der Waals surface area contributed by atoms with Gasteiger partial charge >= 0.3 is 5.97 Å². The van der Waals surface area contributed by atoms with E-state index in [1.165, 1.54) is 48.1 Å². The Labute approximate surface area is 264 Å². The molecule has 230 valence electrons. The number of nitrogens with one attached hydrogen (secondary N) is 3. The fourth-order valence-electron chi connectivity index (χ4n) is 5.48. The number of carbonyl (C=O) groups is 2. The maximum absolute atomic E-state index is 13.5. The van der Waals surface area contributed by atoms with Crippen LogP contribution in [0.1, 0.15) is 52.5 Å². The highest BCUT2D eigenvalue weighted by molar-refractivity contribution is 7.92. The van der Waals surface area contributed by atoms with E-state index in [1.807, 2.05) is 24.3 Å². The van der Waals surface area contributed by atoms with Gasteiger partial charge in [0.25, 0.3) is 10.0 Å². The Balaban J connectivity index is 1.38. The fourth-order valence-corrected chi connectivity index (χ4v) is 7.80. The van der Waals surface area contributed by atoms with Crippen molar-refractivity contribution in [1.29, 1.82) is 0 Å². The summed E-state index contributed by atoms with van der Waals surface area (Å²) in [5.41, 5.74) is 4.15. The van der Waals surface area contributed by atoms with Gasteiger partial charge in [-0.3, -0.25) is 9.52 Å². The zero-order valence-corrected chi connectivity index (χ0v) is 26.3. The van der Waals surface area contributed by atoms with Gasteiger partial charge in [0.1, 0.15) is 5.00 Å². The molecule has 1 aliphatic carbocycles. The van der Waals surface area contributed by atoms with Crippen LogP contribution in [0.15, 0.2) is 83.8 Å². The lowest BCUT2D eigenvalue weighted by atomic mass is 9.83. The van der Waals surface area contributed by atoms with Crippen molar-refractivity contribution in [2.45, 2.75) is 43.9 Å². The van der Waals surface area contributed by atoms with Crippen molar-refractivity contribution in [2.75, 3.05) is 22.0 Å². The third-order valence-electron chi connectivity index (χ3n) is 7.53. The zero-order chi connectivity index (χ0) is 31.6. The summed E-state index contributed by atoms with van der Waals surface area (Å²) in [6.07, 6.45) is 2.37. The second kappa shape index (κ2) is 12.7. The number of anilines is 4. The molecule has 12 heteroatoms. The van der Waals surface area contributed by atoms with E-state index < -0.39 is 16.0 Å². The molecule has 0 radical (unpaired) electrons. The topological polar surface area (TPSA) is 139 Å². The quantitative estimate of drug-likeness (QED) is 0.152. The molecule has 10 nitrogen and oxygen atoms in total. The van der Waals surface area contributed by atoms with Crippen molar-refractivity contribution >= 4 is 66.6 Å². The van der Waals surface area contributed by atoms with Crippen molar-refractivity contribution in [3.8, 4) is 0 Å². The molecule has 0 fully saturated rings. The third-order valence-corrected chi connectivity index (χ3v) is 10.1. The van der Waals surface area contributed by atoms with Gasteiger partial charge in [0.05, 0.1) is 28.1 Å². The molecular weight excluding hydrogens is 611 g/mol. The number of hydrogen-bond acceptors (Lipinski definition) is 9. The van der Waals surface area contributed by atoms with Crippen LogP contribution in [0.5, 0.6) is 0 Å². The Morgan fingerprint density at radius 3 is 2.27 bits per heavy atom. The smallest absolute Gasteiger partial charge is 0.341 e. The second-order valence-corrected chi connectivity index (χ2v) is 13.4. The minimum absolute atomic E-state index is 0.0248. The highest BCUT2D eigenvalue weighted by atomic mass is 32.2. The van der Waals surface area contributed by atoms with E-state index in [4.69, 9.17) is 9.72 Å². The summed E-state index contributed by atoms with van der Waals surface area (Å²) in [7, 11) is -4.11. The van der Waals surface area contributed by atoms with Crippen molar-refractivity contribution in [2.24, 2.45) is 0 Å². The van der Waals surface area contributed by atoms with Crippen LogP contribution in [-0.2, 0) is 32.4 Å². The molecular formula is C33H31N5O5S2. The van der Waals surface area contributed by atoms with Crippen LogP contribution in [-0.4, -0.2) is 36.9 Å². The largest absolute Gasteiger partial charge is 0.462 e. The van der Waals surface area contributed by atoms with Crippen molar-refractivity contribution in [3.05, 3.63) is 100 Å². The van der Waals surface area contributed by atoms with Crippen LogP contribution >= 0.6 is 11.3 Å². The molecule has 3 aromatic carbocycles. The van der Waals surface area contributed by atoms with Crippen LogP contribution in [0, 0.1) is 0 Å². The first-order chi connectivity index (χ1) is 21.7. The van der Waals surface area contributed by atoms with Crippen LogP contribution in [0.25, 0.3) is 11.0 Å². The van der Waals surface area contributed by atoms with Crippen LogP contribution in [0.4, 0.5) is 22.3 Å². The van der Waals surface area contributed by atoms with Gasteiger partial charge in [-0.05, 0) is 79.6 Å². The highest BCUT2D eigenvalue weighted by Gasteiger charge is 2.31. The van der Waals surface area contributed by atoms with Crippen LogP contribution in [0.3, 0.4) is 0 Å². The first-order valence-electron chi connectivity index (χ1n) is 14.5. The Bertz CT molecular complexity index is 1990. The number of sulfonamides is 1. The van der Waals surface area contributed by atoms with E-state index >= 15 is 0 Å². The maximum atomic E-state index is 13.5. The number of para-hydroxylation sites is 2. The predicted molar refractivity (Wildman–Crippen MR) is 176 cm³/mol. The molecule has 0 spiro atoms. The lowest BCUT2D eigenvalue weighted by Crippen LogP contribution is -2.17. The van der Waals surface area contributed by atoms with Gasteiger partial charge in [0.15, 0.2) is 11.6 Å². The van der Waals surface area contributed by atoms with Crippen molar-refractivity contribution in [1.82, 2.24) is 9.97 Å². The Morgan fingerprint density at radius 2 is 1.60 bits per heavy atom. The molecule has 3 N–H and O–H groups in total. The molecule has 6 rings (SSSR count). The number of esters is 1. The minimum atomic E-state index is -4.11. The molecule has 0 saturated carbocycles. The van der Waals surface area contributed by atoms with Crippen LogP contribution in [0.2, 0.25) is 0 Å². The molecule has 0 saturated heterocycles. The van der Waals surface area contributed by atoms with E-state index in [0.29, 0.717) is 39.6 Å². The second-order valence-electron chi connectivity index (χ2n) is 10.6. The monoisotopic (exact) mass is 641 g/mol. The summed E-state index contributed by atoms with van der Waals surface area (Å²) < 4.78 is 35.0. The average Bonchev–Trinajstić information content (AvgIpc) is 3.39. The van der Waals surface area contributed by atoms with Gasteiger partial charge in [-0.15, -0.1) is 11.3 Å². The molecule has 2 heterocycles. The van der Waals surface area contributed by atoms with Crippen LogP contribution < -0.4 is 15.4 Å². The lowest BCUT2D eigenvalue weighted by Gasteiger charge is -2.23. The van der Waals surface area contributed by atoms with Gasteiger partial charge in [-0.2, -0.15) is 0 Å². The van der Waals surface area contributed by atoms with Crippen molar-refractivity contribution in [3.63, 3.8) is 0 Å². The standard InChI is InChI=1S/C33H31N5O5S2/c1-3-43-33(40)29-25-18-13-22(21-9-5-4-6-10-21)19-28(25)44-32(29)37-30-31(36-27-12-8-7-11-26(27)35-30)38-45(41,42)24-16-14-23(15-17-24)34-20(2)39/h4-12,14-17,22H,3,13,18-19H2,1-2H3,(H,34,39)(H,35,37)(H,36,38)/t22-/m1/s1. The van der Waals surface area contributed by atoms with E-state index in [-0.39, 0.29) is 29.0 Å². The number of fused-ring (bicyclic) bond motifs is 2. The molecule has 0 bridgehead atoms. The molecule has 0 unspecified atom stereocenters. The van der Waals surface area contributed by atoms with E-state index in [2.05, 4.69) is 32.5 Å². The Hall–Kier alpha value is -4.81. The molecule has 2 aromatic heterocycles. The number of amides is 1. The number of carbonyl (C=O) groups excluding carboxylic acids is 2. The summed E-state index contributed by atoms with van der Waals surface area (Å²) in [6.45, 7) is 3.36. The fraction of sp³-hybridized carbons (Fsp3) is 0.212. The number of benzene rings is 3. The number of rotatable bonds is 9. The predicted octanol–water partition coefficient (Wildman–Crippen LogP) is 6.64. The van der Waals surface area contributed by atoms with E-state index in [0.717, 1.165) is 23.3 Å². The third kappa shape index (κ3) is 6.52. The average molecular weight is 642 g/mol. The summed E-state index contributed by atoms with van der Waals surface area (Å²) in [5.74, 6) is -0.260. The number of aromatic nitrogens is 2. The maximum Gasteiger partial charge on any atom is 0.341 e. The van der Waals surface area contributed by atoms with Crippen molar-refractivity contribution < 1.29 is 22.7 Å². The first kappa shape index (κ1) is 30.2. The molecule has 1 aliphatic rings. The number of hydrogen-bond donors (Lipinski definition) is 3. The lowest BCUT2D eigenvalue weighted by molar-refractivity contribution is -0.114. The van der Waals surface area contributed by atoms with E-state index in [9.17, 15) is 18.0 Å². The minimum Gasteiger partial charge on any atom is -0.462 e. The number of thiophene rings is 1. The first-order valence-corrected chi connectivity index (χ1v) is 16.8. The normalized spacial score (nSPS) is 14.4. The highest BCUT2D eigenvalue weighted by Crippen LogP contribution is 2.44. The molecule has 5 aromatic rings. The van der Waals surface area contributed by atoms with Gasteiger partial charge in [0, 0.05) is 17.5 Å². The number of nitrogens with zero attached hydrogens (tertiary/aromatic N) is 2. The molecule has 45 heavy (non-hydrogen) atoms. The Morgan fingerprint density at radius 1 is 0.933 bits per heavy atom. The zero-order valence-electron chi connectivity index (χ0n) is 24.7. The van der Waals surface area contributed by atoms with Gasteiger partial charge in [-0.1, -0.05) is 42.5 Å². The van der Waals surface area contributed by atoms with Gasteiger partial charge < -0.3 is 15.4 Å². The Kier molecular flexibility index (Phi) is 8.50. The summed E-state index contributed by atoms with van der Waals surface area (Å²) in [5, 5.41) is 6.41. The number of ether oxygens (including phenoxy) is 1.